The lowest BCUT2D eigenvalue weighted by molar-refractivity contribution is -0.000140. The van der Waals surface area contributed by atoms with E-state index in [1.54, 1.807) is 0 Å². The van der Waals surface area contributed by atoms with Gasteiger partial charge in [-0.15, -0.1) is 0 Å². The molecule has 0 aromatic rings. The second kappa shape index (κ2) is 4.89. The molecule has 0 bridgehead atoms. The minimum Gasteiger partial charge on any atom is -0.302 e. The highest BCUT2D eigenvalue weighted by Crippen LogP contribution is 2.41. The number of likely N-dealkylation sites (tertiary alicyclic amines) is 2. The predicted octanol–water partition coefficient (Wildman–Crippen LogP) is 2.98. The van der Waals surface area contributed by atoms with Crippen molar-refractivity contribution >= 4 is 0 Å². The Morgan fingerprint density at radius 2 is 1.76 bits per heavy atom. The van der Waals surface area contributed by atoms with Crippen LogP contribution in [0, 0.1) is 5.41 Å². The lowest BCUT2D eigenvalue weighted by Crippen LogP contribution is -2.58. The Morgan fingerprint density at radius 1 is 1.06 bits per heavy atom. The average Bonchev–Trinajstić information content (AvgIpc) is 2.61. The van der Waals surface area contributed by atoms with E-state index >= 15 is 0 Å². The normalized spacial score (nSPS) is 25.4. The van der Waals surface area contributed by atoms with Gasteiger partial charge < -0.3 is 4.90 Å². The molecule has 0 aliphatic carbocycles. The second-order valence-electron chi connectivity index (χ2n) is 7.26. The third-order valence-electron chi connectivity index (χ3n) is 4.58. The molecular formula is C15H30N2. The van der Waals surface area contributed by atoms with Gasteiger partial charge in [0.1, 0.15) is 0 Å². The Bertz CT molecular complexity index is 248. The summed E-state index contributed by atoms with van der Waals surface area (Å²) in [7, 11) is 0. The largest absolute Gasteiger partial charge is 0.302 e. The Balaban J connectivity index is 1.72. The van der Waals surface area contributed by atoms with Gasteiger partial charge in [-0.05, 0) is 46.7 Å². The van der Waals surface area contributed by atoms with Gasteiger partial charge in [-0.1, -0.05) is 19.8 Å². The maximum atomic E-state index is 2.68. The first-order chi connectivity index (χ1) is 7.95. The zero-order valence-corrected chi connectivity index (χ0v) is 12.3. The van der Waals surface area contributed by atoms with Crippen LogP contribution in [0.25, 0.3) is 0 Å². The summed E-state index contributed by atoms with van der Waals surface area (Å²) in [6, 6.07) is 0. The van der Waals surface area contributed by atoms with Crippen LogP contribution in [0.5, 0.6) is 0 Å². The van der Waals surface area contributed by atoms with Crippen LogP contribution in [0.3, 0.4) is 0 Å². The molecule has 0 aromatic carbocycles. The molecule has 2 aliphatic heterocycles. The molecule has 0 aromatic heterocycles. The molecule has 0 N–H and O–H groups in total. The van der Waals surface area contributed by atoms with Gasteiger partial charge in [0.05, 0.1) is 0 Å². The second-order valence-corrected chi connectivity index (χ2v) is 7.26. The number of unbranched alkanes of at least 4 members (excludes halogenated alkanes) is 2. The lowest BCUT2D eigenvalue weighted by Gasteiger charge is -2.49. The van der Waals surface area contributed by atoms with Crippen LogP contribution in [0.2, 0.25) is 0 Å². The van der Waals surface area contributed by atoms with E-state index in [0.29, 0.717) is 11.0 Å². The molecule has 0 amide bonds. The summed E-state index contributed by atoms with van der Waals surface area (Å²) >= 11 is 0. The first-order valence-electron chi connectivity index (χ1n) is 7.43. The molecule has 17 heavy (non-hydrogen) atoms. The van der Waals surface area contributed by atoms with E-state index in [1.807, 2.05) is 0 Å². The van der Waals surface area contributed by atoms with Crippen LogP contribution < -0.4 is 0 Å². The molecule has 100 valence electrons. The highest BCUT2D eigenvalue weighted by molar-refractivity contribution is 5.03. The first-order valence-corrected chi connectivity index (χ1v) is 7.43. The minimum absolute atomic E-state index is 0.367. The molecule has 2 aliphatic rings. The molecular weight excluding hydrogens is 208 g/mol. The van der Waals surface area contributed by atoms with Crippen LogP contribution in [0.1, 0.15) is 53.4 Å². The topological polar surface area (TPSA) is 6.48 Å². The first kappa shape index (κ1) is 13.4. The van der Waals surface area contributed by atoms with Crippen LogP contribution >= 0.6 is 0 Å². The summed E-state index contributed by atoms with van der Waals surface area (Å²) in [5, 5.41) is 0. The van der Waals surface area contributed by atoms with E-state index in [1.165, 1.54) is 58.4 Å². The zero-order chi connectivity index (χ0) is 12.5. The summed E-state index contributed by atoms with van der Waals surface area (Å²) in [6.45, 7) is 16.1. The highest BCUT2D eigenvalue weighted by atomic mass is 15.3. The van der Waals surface area contributed by atoms with E-state index in [9.17, 15) is 0 Å². The number of hydrogen-bond donors (Lipinski definition) is 0. The van der Waals surface area contributed by atoms with E-state index in [2.05, 4.69) is 37.5 Å². The van der Waals surface area contributed by atoms with Crippen LogP contribution in [0.15, 0.2) is 0 Å². The van der Waals surface area contributed by atoms with Crippen molar-refractivity contribution in [3.8, 4) is 0 Å². The van der Waals surface area contributed by atoms with Crippen molar-refractivity contribution in [3.05, 3.63) is 0 Å². The van der Waals surface area contributed by atoms with Crippen molar-refractivity contribution in [2.45, 2.75) is 58.9 Å². The molecule has 0 unspecified atom stereocenters. The number of hydrogen-bond acceptors (Lipinski definition) is 2. The Morgan fingerprint density at radius 3 is 2.29 bits per heavy atom. The van der Waals surface area contributed by atoms with Crippen molar-refractivity contribution in [1.82, 2.24) is 9.80 Å². The fourth-order valence-electron chi connectivity index (χ4n) is 3.41. The molecule has 2 nitrogen and oxygen atoms in total. The fraction of sp³-hybridized carbons (Fsp3) is 1.00. The van der Waals surface area contributed by atoms with Gasteiger partial charge in [-0.2, -0.15) is 0 Å². The highest BCUT2D eigenvalue weighted by Gasteiger charge is 2.48. The van der Waals surface area contributed by atoms with Gasteiger partial charge in [-0.3, -0.25) is 4.90 Å². The van der Waals surface area contributed by atoms with E-state index in [4.69, 9.17) is 0 Å². The molecule has 0 radical (unpaired) electrons. The Labute approximate surface area is 107 Å². The van der Waals surface area contributed by atoms with Gasteiger partial charge in [0.15, 0.2) is 0 Å². The number of rotatable bonds is 4. The lowest BCUT2D eigenvalue weighted by atomic mass is 9.79. The van der Waals surface area contributed by atoms with Crippen molar-refractivity contribution in [1.29, 1.82) is 0 Å². The van der Waals surface area contributed by atoms with Crippen LogP contribution in [-0.4, -0.2) is 48.1 Å². The quantitative estimate of drug-likeness (QED) is 0.695. The van der Waals surface area contributed by atoms with E-state index in [-0.39, 0.29) is 0 Å². The Hall–Kier alpha value is -0.0800. The maximum Gasteiger partial charge on any atom is 0.0125 e. The SMILES string of the molecule is CCCCCN1CC2(CCN(C(C)(C)C)C2)C1. The molecule has 2 rings (SSSR count). The van der Waals surface area contributed by atoms with E-state index < -0.39 is 0 Å². The van der Waals surface area contributed by atoms with Crippen molar-refractivity contribution < 1.29 is 0 Å². The van der Waals surface area contributed by atoms with Crippen molar-refractivity contribution in [2.75, 3.05) is 32.7 Å². The molecule has 2 heterocycles. The third kappa shape index (κ3) is 3.03. The summed E-state index contributed by atoms with van der Waals surface area (Å²) in [4.78, 5) is 5.35. The van der Waals surface area contributed by atoms with Crippen molar-refractivity contribution in [2.24, 2.45) is 5.41 Å². The average molecular weight is 238 g/mol. The third-order valence-corrected chi connectivity index (χ3v) is 4.58. The van der Waals surface area contributed by atoms with Gasteiger partial charge in [0.2, 0.25) is 0 Å². The molecule has 0 saturated carbocycles. The summed E-state index contributed by atoms with van der Waals surface area (Å²) in [5.74, 6) is 0. The number of nitrogens with zero attached hydrogens (tertiary/aromatic N) is 2. The predicted molar refractivity (Wildman–Crippen MR) is 74.3 cm³/mol. The van der Waals surface area contributed by atoms with Gasteiger partial charge in [0, 0.05) is 30.6 Å². The van der Waals surface area contributed by atoms with Gasteiger partial charge in [-0.25, -0.2) is 0 Å². The summed E-state index contributed by atoms with van der Waals surface area (Å²) < 4.78 is 0. The van der Waals surface area contributed by atoms with Crippen LogP contribution in [0.4, 0.5) is 0 Å². The molecule has 2 saturated heterocycles. The molecule has 0 atom stereocenters. The van der Waals surface area contributed by atoms with Crippen molar-refractivity contribution in [3.63, 3.8) is 0 Å². The standard InChI is InChI=1S/C15H30N2/c1-5-6-7-9-16-11-15(12-16)8-10-17(13-15)14(2,3)4/h5-13H2,1-4H3. The van der Waals surface area contributed by atoms with Crippen LogP contribution in [-0.2, 0) is 0 Å². The summed E-state index contributed by atoms with van der Waals surface area (Å²) in [6.07, 6.45) is 5.57. The molecule has 2 heteroatoms. The zero-order valence-electron chi connectivity index (χ0n) is 12.3. The maximum absolute atomic E-state index is 2.68. The fourth-order valence-corrected chi connectivity index (χ4v) is 3.41. The minimum atomic E-state index is 0.367. The molecule has 1 spiro atoms. The van der Waals surface area contributed by atoms with Gasteiger partial charge in [0.25, 0.3) is 0 Å². The molecule has 2 fully saturated rings. The monoisotopic (exact) mass is 238 g/mol. The van der Waals surface area contributed by atoms with Gasteiger partial charge >= 0.3 is 0 Å². The smallest absolute Gasteiger partial charge is 0.0125 e. The van der Waals surface area contributed by atoms with E-state index in [0.717, 1.165) is 0 Å². The Kier molecular flexibility index (Phi) is 3.84. The summed E-state index contributed by atoms with van der Waals surface area (Å²) in [5.41, 5.74) is 1.03.